The number of anilines is 1. The summed E-state index contributed by atoms with van der Waals surface area (Å²) in [6, 6.07) is 8.27. The van der Waals surface area contributed by atoms with Gasteiger partial charge in [-0.2, -0.15) is 13.8 Å². The zero-order valence-electron chi connectivity index (χ0n) is 24.3. The molecule has 4 heterocycles. The highest BCUT2D eigenvalue weighted by atomic mass is 32.2. The van der Waals surface area contributed by atoms with Gasteiger partial charge in [0.1, 0.15) is 18.7 Å². The summed E-state index contributed by atoms with van der Waals surface area (Å²) in [5.41, 5.74) is -1.21. The smallest absolute Gasteiger partial charge is 0.416 e. The first kappa shape index (κ1) is 33.8. The number of carbonyl (C=O) groups is 2. The Morgan fingerprint density at radius 2 is 1.85 bits per heavy atom. The van der Waals surface area contributed by atoms with Crippen LogP contribution in [0.15, 0.2) is 61.9 Å². The molecule has 0 saturated carbocycles. The molecule has 2 amide bonds. The first-order valence-corrected chi connectivity index (χ1v) is 15.5. The lowest BCUT2D eigenvalue weighted by Crippen LogP contribution is -2.49. The Bertz CT molecular complexity index is 1770. The van der Waals surface area contributed by atoms with Crippen LogP contribution in [0.25, 0.3) is 0 Å². The molecule has 3 N–H and O–H groups in total. The fourth-order valence-electron chi connectivity index (χ4n) is 4.88. The maximum atomic E-state index is 14.4. The maximum absolute atomic E-state index is 14.4. The number of sulfone groups is 1. The van der Waals surface area contributed by atoms with Crippen LogP contribution in [0.4, 0.5) is 14.6 Å². The van der Waals surface area contributed by atoms with Crippen molar-refractivity contribution in [2.24, 2.45) is 0 Å². The van der Waals surface area contributed by atoms with Crippen molar-refractivity contribution >= 4 is 27.5 Å². The van der Waals surface area contributed by atoms with E-state index in [0.29, 0.717) is 17.7 Å². The number of aromatic nitrogens is 4. The van der Waals surface area contributed by atoms with Crippen molar-refractivity contribution in [3.8, 4) is 5.88 Å². The SMILES string of the molecule is O=C(CCC(=O)N1CCN(COc2no[n+]([O-])c2S(=O)(=O)c2ccccc2)CC1)Nc1ccn([C@@H]2O[C@H](CO)[C@@H](O)C2(F)F)c(=O)n1. The van der Waals surface area contributed by atoms with Gasteiger partial charge in [-0.15, -0.1) is 0 Å². The summed E-state index contributed by atoms with van der Waals surface area (Å²) >= 11 is 0. The number of aliphatic hydroxyl groups is 2. The van der Waals surface area contributed by atoms with E-state index in [0.717, 1.165) is 12.3 Å². The van der Waals surface area contributed by atoms with Crippen molar-refractivity contribution in [2.75, 3.05) is 44.8 Å². The van der Waals surface area contributed by atoms with Crippen molar-refractivity contribution in [1.29, 1.82) is 0 Å². The van der Waals surface area contributed by atoms with Gasteiger partial charge < -0.3 is 35.1 Å². The number of aliphatic hydroxyl groups excluding tert-OH is 2. The molecule has 2 saturated heterocycles. The summed E-state index contributed by atoms with van der Waals surface area (Å²) in [7, 11) is -4.28. The molecule has 0 unspecified atom stereocenters. The van der Waals surface area contributed by atoms with Gasteiger partial charge in [-0.05, 0) is 23.1 Å². The summed E-state index contributed by atoms with van der Waals surface area (Å²) in [5, 5.41) is 35.8. The van der Waals surface area contributed by atoms with E-state index in [1.807, 2.05) is 0 Å². The predicted molar refractivity (Wildman–Crippen MR) is 149 cm³/mol. The largest absolute Gasteiger partial charge is 0.438 e. The van der Waals surface area contributed by atoms with Crippen molar-refractivity contribution in [3.63, 3.8) is 0 Å². The number of ether oxygens (including phenoxy) is 2. The Morgan fingerprint density at radius 1 is 1.15 bits per heavy atom. The molecule has 0 aliphatic carbocycles. The van der Waals surface area contributed by atoms with Crippen molar-refractivity contribution in [2.45, 2.75) is 47.1 Å². The van der Waals surface area contributed by atoms with E-state index in [9.17, 15) is 41.9 Å². The average molecular weight is 686 g/mol. The van der Waals surface area contributed by atoms with Crippen LogP contribution in [0.3, 0.4) is 0 Å². The van der Waals surface area contributed by atoms with Gasteiger partial charge in [0.2, 0.25) is 18.0 Å². The second-order valence-electron chi connectivity index (χ2n) is 10.5. The number of carbonyl (C=O) groups excluding carboxylic acids is 2. The van der Waals surface area contributed by atoms with Crippen LogP contribution >= 0.6 is 0 Å². The average Bonchev–Trinajstić information content (AvgIpc) is 3.54. The molecule has 0 bridgehead atoms. The molecule has 2 aromatic heterocycles. The van der Waals surface area contributed by atoms with E-state index in [-0.39, 0.29) is 54.2 Å². The van der Waals surface area contributed by atoms with Crippen LogP contribution in [-0.2, 0) is 24.2 Å². The lowest BCUT2D eigenvalue weighted by Gasteiger charge is -2.34. The Balaban J connectivity index is 1.07. The van der Waals surface area contributed by atoms with Gasteiger partial charge in [-0.3, -0.25) is 23.7 Å². The highest BCUT2D eigenvalue weighted by molar-refractivity contribution is 7.91. The van der Waals surface area contributed by atoms with Gasteiger partial charge >= 0.3 is 22.5 Å². The van der Waals surface area contributed by atoms with Gasteiger partial charge in [0.25, 0.3) is 9.84 Å². The number of halogens is 2. The molecule has 2 aliphatic heterocycles. The third-order valence-corrected chi connectivity index (χ3v) is 9.16. The second kappa shape index (κ2) is 13.7. The number of benzene rings is 1. The molecular formula is C26H29F2N7O11S. The molecule has 0 spiro atoms. The molecule has 2 fully saturated rings. The van der Waals surface area contributed by atoms with Gasteiger partial charge in [0.05, 0.1) is 16.7 Å². The standard InChI is InChI=1S/C26H29F2N7O11S/c27-26(28)21(39)17(14-36)45-24(26)34-9-8-18(30-25(34)40)29-19(37)6-7-20(38)33-12-10-32(11-13-33)15-44-22-23(35(41)46-31-22)47(42,43)16-4-2-1-3-5-16/h1-5,8-9,17,21,24,36,39H,6-7,10-15H2,(H,29,30,37,40)/t17-,21-,24-/m1/s1. The number of rotatable bonds is 11. The number of piperazine rings is 1. The minimum Gasteiger partial charge on any atom is -0.438 e. The van der Waals surface area contributed by atoms with Gasteiger partial charge in [-0.1, -0.05) is 18.2 Å². The van der Waals surface area contributed by atoms with Crippen LogP contribution < -0.4 is 20.6 Å². The molecule has 47 heavy (non-hydrogen) atoms. The second-order valence-corrected chi connectivity index (χ2v) is 12.4. The van der Waals surface area contributed by atoms with E-state index in [2.05, 4.69) is 20.1 Å². The quantitative estimate of drug-likeness (QED) is 0.195. The molecule has 18 nitrogen and oxygen atoms in total. The third kappa shape index (κ3) is 7.07. The number of hydrogen-bond acceptors (Lipinski definition) is 14. The van der Waals surface area contributed by atoms with Crippen molar-refractivity contribution < 1.29 is 56.0 Å². The van der Waals surface area contributed by atoms with Crippen LogP contribution in [0.2, 0.25) is 0 Å². The summed E-state index contributed by atoms with van der Waals surface area (Å²) in [4.78, 5) is 43.8. The van der Waals surface area contributed by atoms with E-state index < -0.39 is 63.3 Å². The lowest BCUT2D eigenvalue weighted by molar-refractivity contribution is -0.832. The summed E-state index contributed by atoms with van der Waals surface area (Å²) in [6.45, 7) is 0.0666. The number of nitrogens with one attached hydrogen (secondary N) is 1. The number of nitrogens with zero attached hydrogens (tertiary/aromatic N) is 6. The summed E-state index contributed by atoms with van der Waals surface area (Å²) < 4.78 is 69.8. The molecular weight excluding hydrogens is 656 g/mol. The molecule has 3 aromatic rings. The Kier molecular flexibility index (Phi) is 9.81. The van der Waals surface area contributed by atoms with Crippen molar-refractivity contribution in [3.05, 3.63) is 58.3 Å². The van der Waals surface area contributed by atoms with Crippen LogP contribution in [0.5, 0.6) is 5.88 Å². The molecule has 21 heteroatoms. The number of hydrogen-bond donors (Lipinski definition) is 3. The fraction of sp³-hybridized carbons (Fsp3) is 0.462. The zero-order valence-corrected chi connectivity index (χ0v) is 25.2. The highest BCUT2D eigenvalue weighted by Crippen LogP contribution is 2.42. The Labute approximate surface area is 264 Å². The first-order valence-electron chi connectivity index (χ1n) is 14.1. The van der Waals surface area contributed by atoms with Gasteiger partial charge in [0, 0.05) is 45.2 Å². The Hall–Kier alpha value is -4.57. The van der Waals surface area contributed by atoms with Crippen LogP contribution in [0, 0.1) is 5.21 Å². The summed E-state index contributed by atoms with van der Waals surface area (Å²) in [5.74, 6) is -5.68. The monoisotopic (exact) mass is 685 g/mol. The normalized spacial score (nSPS) is 21.4. The highest BCUT2D eigenvalue weighted by Gasteiger charge is 2.59. The van der Waals surface area contributed by atoms with Gasteiger partial charge in [-0.25, -0.2) is 13.2 Å². The van der Waals surface area contributed by atoms with E-state index in [1.165, 1.54) is 29.2 Å². The molecule has 0 radical (unpaired) electrons. The minimum absolute atomic E-state index is 0.150. The van der Waals surface area contributed by atoms with Crippen LogP contribution in [-0.4, -0.2) is 113 Å². The predicted octanol–water partition coefficient (Wildman–Crippen LogP) is -1.52. The molecule has 2 aliphatic rings. The third-order valence-electron chi connectivity index (χ3n) is 7.44. The number of alkyl halides is 2. The van der Waals surface area contributed by atoms with E-state index in [1.54, 1.807) is 11.0 Å². The lowest BCUT2D eigenvalue weighted by atomic mass is 10.1. The Morgan fingerprint density at radius 3 is 2.49 bits per heavy atom. The molecule has 1 aromatic carbocycles. The minimum atomic E-state index is -4.28. The zero-order chi connectivity index (χ0) is 33.9. The van der Waals surface area contributed by atoms with E-state index >= 15 is 0 Å². The van der Waals surface area contributed by atoms with Crippen LogP contribution in [0.1, 0.15) is 19.1 Å². The topological polar surface area (TPSA) is 234 Å². The molecule has 3 atom stereocenters. The first-order chi connectivity index (χ1) is 22.3. The molecule has 5 rings (SSSR count). The van der Waals surface area contributed by atoms with Crippen molar-refractivity contribution in [1.82, 2.24) is 24.5 Å². The molecule has 254 valence electrons. The van der Waals surface area contributed by atoms with Gasteiger partial charge in [0.15, 0.2) is 6.10 Å². The summed E-state index contributed by atoms with van der Waals surface area (Å²) in [6.07, 6.45) is -5.74. The maximum Gasteiger partial charge on any atom is 0.416 e. The number of amides is 2. The van der Waals surface area contributed by atoms with E-state index in [4.69, 9.17) is 14.6 Å². The fourth-order valence-corrected chi connectivity index (χ4v) is 6.18.